The summed E-state index contributed by atoms with van der Waals surface area (Å²) in [6.07, 6.45) is 3.62. The number of fused-ring (bicyclic) bond motifs is 3. The first kappa shape index (κ1) is 22.4. The standard InChI is InChI=1S/C21H21ClN4O5S/c1-11(31-10-17(27)28)19-24-20(18-13-4-2-3-5-16(13)32-21(18)25-19)23-9-12-6-7-15(26(29)30)14(22)8-12/h6-8,11H,2-5,9-10H2,1H3,(H,27,28)(H,23,24,25). The number of aromatic nitrogens is 2. The number of benzene rings is 1. The van der Waals surface area contributed by atoms with E-state index in [2.05, 4.69) is 15.3 Å². The normalized spacial score (nSPS) is 14.2. The third-order valence-electron chi connectivity index (χ3n) is 5.32. The molecule has 0 spiro atoms. The SMILES string of the molecule is CC(OCC(=O)O)c1nc(NCc2ccc([N+](=O)[O-])c(Cl)c2)c2c3c(sc2n1)CCCC3. The maximum atomic E-state index is 11.0. The van der Waals surface area contributed by atoms with Crippen molar-refractivity contribution in [3.63, 3.8) is 0 Å². The molecule has 0 aliphatic heterocycles. The van der Waals surface area contributed by atoms with E-state index in [9.17, 15) is 14.9 Å². The topological polar surface area (TPSA) is 127 Å². The molecule has 9 nitrogen and oxygen atoms in total. The lowest BCUT2D eigenvalue weighted by molar-refractivity contribution is -0.384. The van der Waals surface area contributed by atoms with Gasteiger partial charge in [0.05, 0.1) is 10.3 Å². The molecular weight excluding hydrogens is 456 g/mol. The molecule has 1 aliphatic carbocycles. The van der Waals surface area contributed by atoms with Crippen LogP contribution in [0.1, 0.15) is 47.7 Å². The Balaban J connectivity index is 1.67. The predicted octanol–water partition coefficient (Wildman–Crippen LogP) is 4.91. The average Bonchev–Trinajstić information content (AvgIpc) is 3.14. The molecule has 32 heavy (non-hydrogen) atoms. The summed E-state index contributed by atoms with van der Waals surface area (Å²) in [6.45, 7) is 1.64. The number of aryl methyl sites for hydroxylation is 2. The van der Waals surface area contributed by atoms with Gasteiger partial charge < -0.3 is 15.2 Å². The van der Waals surface area contributed by atoms with Gasteiger partial charge in [0.2, 0.25) is 0 Å². The maximum Gasteiger partial charge on any atom is 0.329 e. The molecule has 0 saturated heterocycles. The number of halogens is 1. The largest absolute Gasteiger partial charge is 0.480 e. The van der Waals surface area contributed by atoms with Crippen LogP contribution in [0.4, 0.5) is 11.5 Å². The lowest BCUT2D eigenvalue weighted by Crippen LogP contribution is -2.13. The van der Waals surface area contributed by atoms with Gasteiger partial charge >= 0.3 is 5.97 Å². The van der Waals surface area contributed by atoms with E-state index in [0.717, 1.165) is 41.5 Å². The van der Waals surface area contributed by atoms with Crippen LogP contribution in [0, 0.1) is 10.1 Å². The Hall–Kier alpha value is -2.82. The van der Waals surface area contributed by atoms with Crippen LogP contribution in [-0.2, 0) is 28.9 Å². The van der Waals surface area contributed by atoms with Crippen molar-refractivity contribution in [3.8, 4) is 0 Å². The van der Waals surface area contributed by atoms with Gasteiger partial charge in [-0.2, -0.15) is 0 Å². The Bertz CT molecular complexity index is 1200. The van der Waals surface area contributed by atoms with Crippen molar-refractivity contribution in [2.24, 2.45) is 0 Å². The van der Waals surface area contributed by atoms with E-state index in [0.29, 0.717) is 18.2 Å². The number of nitro groups is 1. The molecule has 0 amide bonds. The third kappa shape index (κ3) is 4.67. The van der Waals surface area contributed by atoms with Crippen LogP contribution >= 0.6 is 22.9 Å². The van der Waals surface area contributed by atoms with E-state index in [1.807, 2.05) is 0 Å². The molecule has 2 N–H and O–H groups in total. The molecule has 0 saturated carbocycles. The van der Waals surface area contributed by atoms with Crippen LogP contribution < -0.4 is 5.32 Å². The Morgan fingerprint density at radius 3 is 2.88 bits per heavy atom. The molecular formula is C21H21ClN4O5S. The highest BCUT2D eigenvalue weighted by Gasteiger charge is 2.23. The smallest absolute Gasteiger partial charge is 0.329 e. The molecule has 0 fully saturated rings. The van der Waals surface area contributed by atoms with Gasteiger partial charge in [0.1, 0.15) is 28.4 Å². The second-order valence-corrected chi connectivity index (χ2v) is 9.06. The van der Waals surface area contributed by atoms with E-state index in [1.54, 1.807) is 30.4 Å². The fourth-order valence-electron chi connectivity index (χ4n) is 3.75. The molecule has 168 valence electrons. The summed E-state index contributed by atoms with van der Waals surface area (Å²) in [5.74, 6) is -0.0101. The van der Waals surface area contributed by atoms with E-state index in [1.165, 1.54) is 16.5 Å². The van der Waals surface area contributed by atoms with Crippen LogP contribution in [0.3, 0.4) is 0 Å². The minimum Gasteiger partial charge on any atom is -0.480 e. The van der Waals surface area contributed by atoms with Crippen molar-refractivity contribution >= 4 is 50.6 Å². The van der Waals surface area contributed by atoms with Gasteiger partial charge in [-0.1, -0.05) is 17.7 Å². The number of anilines is 1. The summed E-state index contributed by atoms with van der Waals surface area (Å²) < 4.78 is 5.38. The Morgan fingerprint density at radius 2 is 2.16 bits per heavy atom. The van der Waals surface area contributed by atoms with E-state index in [-0.39, 0.29) is 10.7 Å². The zero-order valence-corrected chi connectivity index (χ0v) is 18.8. The van der Waals surface area contributed by atoms with E-state index < -0.39 is 23.6 Å². The lowest BCUT2D eigenvalue weighted by atomic mass is 9.97. The Labute approximate surface area is 192 Å². The van der Waals surface area contributed by atoms with Crippen molar-refractivity contribution < 1.29 is 19.6 Å². The van der Waals surface area contributed by atoms with Crippen molar-refractivity contribution in [3.05, 3.63) is 55.2 Å². The zero-order valence-electron chi connectivity index (χ0n) is 17.3. The van der Waals surface area contributed by atoms with Crippen molar-refractivity contribution in [1.82, 2.24) is 9.97 Å². The molecule has 3 aromatic rings. The zero-order chi connectivity index (χ0) is 22.8. The van der Waals surface area contributed by atoms with Crippen molar-refractivity contribution in [1.29, 1.82) is 0 Å². The van der Waals surface area contributed by atoms with Crippen molar-refractivity contribution in [2.45, 2.75) is 45.3 Å². The van der Waals surface area contributed by atoms with Gasteiger partial charge in [-0.05, 0) is 49.8 Å². The monoisotopic (exact) mass is 476 g/mol. The fraction of sp³-hybridized carbons (Fsp3) is 0.381. The highest BCUT2D eigenvalue weighted by molar-refractivity contribution is 7.19. The molecule has 1 aliphatic rings. The molecule has 2 aromatic heterocycles. The first-order valence-electron chi connectivity index (χ1n) is 10.2. The highest BCUT2D eigenvalue weighted by atomic mass is 35.5. The second-order valence-electron chi connectivity index (χ2n) is 7.56. The predicted molar refractivity (Wildman–Crippen MR) is 121 cm³/mol. The molecule has 0 bridgehead atoms. The molecule has 1 unspecified atom stereocenters. The minimum atomic E-state index is -1.06. The van der Waals surface area contributed by atoms with Crippen LogP contribution in [0.15, 0.2) is 18.2 Å². The minimum absolute atomic E-state index is 0.0754. The summed E-state index contributed by atoms with van der Waals surface area (Å²) in [4.78, 5) is 32.8. The number of carbonyl (C=O) groups is 1. The number of ether oxygens (including phenoxy) is 1. The molecule has 1 atom stereocenters. The quantitative estimate of drug-likeness (QED) is 0.347. The van der Waals surface area contributed by atoms with Crippen LogP contribution in [0.5, 0.6) is 0 Å². The second kappa shape index (κ2) is 9.35. The summed E-state index contributed by atoms with van der Waals surface area (Å²) in [7, 11) is 0. The van der Waals surface area contributed by atoms with Crippen LogP contribution in [0.25, 0.3) is 10.2 Å². The van der Waals surface area contributed by atoms with Crippen molar-refractivity contribution in [2.75, 3.05) is 11.9 Å². The first-order valence-corrected chi connectivity index (χ1v) is 11.3. The first-order chi connectivity index (χ1) is 15.3. The van der Waals surface area contributed by atoms with E-state index in [4.69, 9.17) is 21.4 Å². The number of rotatable bonds is 8. The number of thiophene rings is 1. The summed E-state index contributed by atoms with van der Waals surface area (Å²) in [5.41, 5.74) is 1.89. The van der Waals surface area contributed by atoms with Gasteiger partial charge in [-0.25, -0.2) is 14.8 Å². The summed E-state index contributed by atoms with van der Waals surface area (Å²) in [5, 5.41) is 24.3. The Morgan fingerprint density at radius 1 is 1.38 bits per heavy atom. The number of nitrogens with zero attached hydrogens (tertiary/aromatic N) is 3. The number of carboxylic acids is 1. The highest BCUT2D eigenvalue weighted by Crippen LogP contribution is 2.39. The van der Waals surface area contributed by atoms with Gasteiger partial charge in [0, 0.05) is 17.5 Å². The molecule has 4 rings (SSSR count). The number of nitrogens with one attached hydrogen (secondary N) is 1. The number of nitro benzene ring substituents is 1. The van der Waals surface area contributed by atoms with Gasteiger partial charge in [0.15, 0.2) is 5.82 Å². The molecule has 11 heteroatoms. The molecule has 1 aromatic carbocycles. The number of hydrogen-bond donors (Lipinski definition) is 2. The molecule has 0 radical (unpaired) electrons. The van der Waals surface area contributed by atoms with Crippen LogP contribution in [-0.4, -0.2) is 32.6 Å². The van der Waals surface area contributed by atoms with E-state index >= 15 is 0 Å². The number of hydrogen-bond acceptors (Lipinski definition) is 8. The Kier molecular flexibility index (Phi) is 6.54. The maximum absolute atomic E-state index is 11.0. The van der Waals surface area contributed by atoms with Gasteiger partial charge in [-0.15, -0.1) is 11.3 Å². The summed E-state index contributed by atoms with van der Waals surface area (Å²) in [6, 6.07) is 4.60. The van der Waals surface area contributed by atoms with Crippen LogP contribution in [0.2, 0.25) is 5.02 Å². The number of aliphatic carboxylic acids is 1. The summed E-state index contributed by atoms with van der Waals surface area (Å²) >= 11 is 7.69. The lowest BCUT2D eigenvalue weighted by Gasteiger charge is -2.15. The number of carboxylic acid groups (broad SMARTS) is 1. The van der Waals surface area contributed by atoms with Gasteiger partial charge in [0.25, 0.3) is 5.69 Å². The van der Waals surface area contributed by atoms with Gasteiger partial charge in [-0.3, -0.25) is 10.1 Å². The third-order valence-corrected chi connectivity index (χ3v) is 6.81. The molecule has 2 heterocycles. The average molecular weight is 477 g/mol. The fourth-order valence-corrected chi connectivity index (χ4v) is 5.29.